The van der Waals surface area contributed by atoms with E-state index in [0.29, 0.717) is 17.9 Å². The van der Waals surface area contributed by atoms with Gasteiger partial charge in [0.05, 0.1) is 12.6 Å². The minimum atomic E-state index is -0.340. The summed E-state index contributed by atoms with van der Waals surface area (Å²) >= 11 is 0. The molecule has 0 bridgehead atoms. The highest BCUT2D eigenvalue weighted by atomic mass is 32.2. The van der Waals surface area contributed by atoms with Crippen LogP contribution in [0.1, 0.15) is 50.5 Å². The third-order valence-corrected chi connectivity index (χ3v) is 7.31. The lowest BCUT2D eigenvalue weighted by molar-refractivity contribution is -0.136. The molecule has 0 spiro atoms. The summed E-state index contributed by atoms with van der Waals surface area (Å²) in [6, 6.07) is 8.40. The first kappa shape index (κ1) is 21.4. The molecule has 1 unspecified atom stereocenters. The third-order valence-electron chi connectivity index (χ3n) is 6.50. The zero-order valence-electron chi connectivity index (χ0n) is 17.4. The second-order valence-electron chi connectivity index (χ2n) is 8.68. The summed E-state index contributed by atoms with van der Waals surface area (Å²) in [5.74, 6) is 7.10. The van der Waals surface area contributed by atoms with E-state index in [1.165, 1.54) is 12.0 Å². The summed E-state index contributed by atoms with van der Waals surface area (Å²) in [6.07, 6.45) is 9.90. The molecule has 156 valence electrons. The lowest BCUT2D eigenvalue weighted by Crippen LogP contribution is -2.52. The van der Waals surface area contributed by atoms with Gasteiger partial charge in [-0.15, -0.1) is 0 Å². The minimum Gasteiger partial charge on any atom is -0.493 e. The summed E-state index contributed by atoms with van der Waals surface area (Å²) in [5, 5.41) is 0. The lowest BCUT2D eigenvalue weighted by Gasteiger charge is -2.38. The van der Waals surface area contributed by atoms with Crippen LogP contribution in [0.5, 0.6) is 5.75 Å². The normalized spacial score (nSPS) is 24.8. The highest BCUT2D eigenvalue weighted by Crippen LogP contribution is 2.33. The zero-order chi connectivity index (χ0) is 20.1. The van der Waals surface area contributed by atoms with Gasteiger partial charge in [0.2, 0.25) is 5.91 Å². The van der Waals surface area contributed by atoms with Crippen LogP contribution in [0.25, 0.3) is 0 Å². The van der Waals surface area contributed by atoms with Crippen molar-refractivity contribution in [3.8, 4) is 5.75 Å². The molecule has 1 aromatic carbocycles. The van der Waals surface area contributed by atoms with Gasteiger partial charge in [-0.3, -0.25) is 4.79 Å². The van der Waals surface area contributed by atoms with Crippen molar-refractivity contribution in [2.75, 3.05) is 19.9 Å². The molecule has 2 aliphatic rings. The van der Waals surface area contributed by atoms with Crippen LogP contribution in [0.3, 0.4) is 0 Å². The summed E-state index contributed by atoms with van der Waals surface area (Å²) in [4.78, 5) is 14.6. The number of likely N-dealkylation sites (N-methyl/N-ethyl adjacent to an activating group) is 1. The van der Waals surface area contributed by atoms with Crippen molar-refractivity contribution in [3.05, 3.63) is 29.8 Å². The van der Waals surface area contributed by atoms with Crippen LogP contribution < -0.4 is 10.5 Å². The first-order valence-electron chi connectivity index (χ1n) is 10.6. The van der Waals surface area contributed by atoms with Crippen molar-refractivity contribution < 1.29 is 9.53 Å². The second-order valence-corrected chi connectivity index (χ2v) is 10.5. The van der Waals surface area contributed by atoms with E-state index in [0.717, 1.165) is 56.6 Å². The topological polar surface area (TPSA) is 55.6 Å². The number of carbonyl (C=O) groups excluding carboxylic acids is 1. The van der Waals surface area contributed by atoms with E-state index in [9.17, 15) is 4.79 Å². The van der Waals surface area contributed by atoms with Gasteiger partial charge >= 0.3 is 0 Å². The molecule has 1 amide bonds. The molecule has 2 aliphatic carbocycles. The number of carbonyl (C=O) groups is 1. The maximum Gasteiger partial charge on any atom is 0.239 e. The van der Waals surface area contributed by atoms with E-state index >= 15 is 0 Å². The molecular formula is C23H36N2O2S. The first-order valence-corrected chi connectivity index (χ1v) is 12.6. The molecular weight excluding hydrogens is 368 g/mol. The summed E-state index contributed by atoms with van der Waals surface area (Å²) in [6.45, 7) is 0.754. The number of ether oxygens (including phenoxy) is 1. The smallest absolute Gasteiger partial charge is 0.239 e. The van der Waals surface area contributed by atoms with Gasteiger partial charge in [-0.1, -0.05) is 24.1 Å². The van der Waals surface area contributed by atoms with Gasteiger partial charge in [-0.2, -0.15) is 10.5 Å². The predicted molar refractivity (Wildman–Crippen MR) is 120 cm³/mol. The average molecular weight is 405 g/mol. The van der Waals surface area contributed by atoms with Crippen LogP contribution >= 0.6 is 10.5 Å². The van der Waals surface area contributed by atoms with Crippen LogP contribution in [0, 0.1) is 11.8 Å². The Morgan fingerprint density at radius 1 is 1.25 bits per heavy atom. The van der Waals surface area contributed by atoms with E-state index in [1.54, 1.807) is 0 Å². The van der Waals surface area contributed by atoms with Crippen LogP contribution in [0.2, 0.25) is 0 Å². The van der Waals surface area contributed by atoms with Crippen molar-refractivity contribution in [1.29, 1.82) is 0 Å². The quantitative estimate of drug-likeness (QED) is 0.665. The molecule has 0 saturated heterocycles. The Balaban J connectivity index is 1.45. The van der Waals surface area contributed by atoms with E-state index in [4.69, 9.17) is 10.5 Å². The van der Waals surface area contributed by atoms with Gasteiger partial charge < -0.3 is 15.4 Å². The molecule has 2 saturated carbocycles. The van der Waals surface area contributed by atoms with Crippen LogP contribution in [0.15, 0.2) is 24.3 Å². The number of hydrogen-bond donors (Lipinski definition) is 1. The number of hydrogen-bond acceptors (Lipinski definition) is 3. The van der Waals surface area contributed by atoms with Gasteiger partial charge in [0, 0.05) is 24.4 Å². The lowest BCUT2D eigenvalue weighted by atomic mass is 9.78. The molecule has 0 aromatic heterocycles. The monoisotopic (exact) mass is 404 g/mol. The Kier molecular flexibility index (Phi) is 7.58. The number of benzene rings is 1. The Labute approximate surface area is 172 Å². The highest BCUT2D eigenvalue weighted by molar-refractivity contribution is 8.12. The Morgan fingerprint density at radius 2 is 1.93 bits per heavy atom. The fourth-order valence-electron chi connectivity index (χ4n) is 4.34. The minimum absolute atomic E-state index is 0.116. The third kappa shape index (κ3) is 5.38. The number of nitrogens with zero attached hydrogens (tertiary/aromatic N) is 1. The first-order chi connectivity index (χ1) is 13.5. The molecule has 1 aromatic rings. The van der Waals surface area contributed by atoms with Gasteiger partial charge in [0.1, 0.15) is 5.75 Å². The van der Waals surface area contributed by atoms with E-state index in [1.807, 2.05) is 18.0 Å². The Morgan fingerprint density at radius 3 is 2.54 bits per heavy atom. The van der Waals surface area contributed by atoms with E-state index in [2.05, 4.69) is 30.3 Å². The van der Waals surface area contributed by atoms with Crippen molar-refractivity contribution in [1.82, 2.24) is 4.90 Å². The molecule has 0 heterocycles. The summed E-state index contributed by atoms with van der Waals surface area (Å²) in [7, 11) is 2.04. The standard InChI is InChI=1S/C23H36N2O2S/c1-25(20-8-6-9-20)23(26)22(24)18-13-11-17(12-14-18)15-27-21-10-5-4-7-19(21)16-28(2)3/h4-5,7,10,17-18,20,22H,2,6,8-9,11-16,24H2,1,3H3/t17?,18?,22-,28?/m0/s1. The highest BCUT2D eigenvalue weighted by Gasteiger charge is 2.34. The summed E-state index contributed by atoms with van der Waals surface area (Å²) in [5.41, 5.74) is 7.61. The molecule has 4 nitrogen and oxygen atoms in total. The van der Waals surface area contributed by atoms with Gasteiger partial charge in [0.25, 0.3) is 0 Å². The molecule has 2 atom stereocenters. The molecule has 5 heteroatoms. The van der Waals surface area contributed by atoms with Gasteiger partial charge in [-0.25, -0.2) is 0 Å². The maximum absolute atomic E-state index is 12.7. The number of amides is 1. The van der Waals surface area contributed by atoms with Gasteiger partial charge in [-0.05, 0) is 69.1 Å². The number of rotatable bonds is 8. The predicted octanol–water partition coefficient (Wildman–Crippen LogP) is 4.04. The van der Waals surface area contributed by atoms with Crippen molar-refractivity contribution in [3.63, 3.8) is 0 Å². The Bertz CT molecular complexity index is 681. The molecule has 28 heavy (non-hydrogen) atoms. The molecule has 0 radical (unpaired) electrons. The number of para-hydroxylation sites is 1. The fourth-order valence-corrected chi connectivity index (χ4v) is 5.11. The largest absolute Gasteiger partial charge is 0.493 e. The van der Waals surface area contributed by atoms with Crippen molar-refractivity contribution >= 4 is 22.3 Å². The summed E-state index contributed by atoms with van der Waals surface area (Å²) < 4.78 is 6.18. The van der Waals surface area contributed by atoms with Crippen LogP contribution in [-0.4, -0.2) is 48.7 Å². The Hall–Kier alpha value is -1.33. The molecule has 3 rings (SSSR count). The fraction of sp³-hybridized carbons (Fsp3) is 0.652. The zero-order valence-corrected chi connectivity index (χ0v) is 18.3. The van der Waals surface area contributed by atoms with Crippen molar-refractivity contribution in [2.45, 2.75) is 62.8 Å². The van der Waals surface area contributed by atoms with Gasteiger partial charge in [0.15, 0.2) is 0 Å². The molecule has 2 N–H and O–H groups in total. The average Bonchev–Trinajstić information content (AvgIpc) is 2.64. The maximum atomic E-state index is 12.7. The van der Waals surface area contributed by atoms with Crippen molar-refractivity contribution in [2.24, 2.45) is 17.6 Å². The molecule has 2 fully saturated rings. The van der Waals surface area contributed by atoms with Crippen LogP contribution in [0.4, 0.5) is 0 Å². The van der Waals surface area contributed by atoms with Crippen LogP contribution in [-0.2, 0) is 10.5 Å². The van der Waals surface area contributed by atoms with E-state index < -0.39 is 0 Å². The SMILES string of the molecule is C=S(C)Cc1ccccc1OCC1CCC([C@H](N)C(=O)N(C)C2CCC2)CC1. The van der Waals surface area contributed by atoms with E-state index in [-0.39, 0.29) is 22.4 Å². The second kappa shape index (κ2) is 9.93. The number of nitrogens with two attached hydrogens (primary N) is 1. The molecule has 0 aliphatic heterocycles.